The topological polar surface area (TPSA) is 95.5 Å². The first kappa shape index (κ1) is 21.1. The Morgan fingerprint density at radius 1 is 1.15 bits per heavy atom. The van der Waals surface area contributed by atoms with Crippen LogP contribution < -0.4 is 10.0 Å². The van der Waals surface area contributed by atoms with E-state index in [1.165, 1.54) is 19.1 Å². The predicted molar refractivity (Wildman–Crippen MR) is 106 cm³/mol. The van der Waals surface area contributed by atoms with Crippen molar-refractivity contribution in [2.45, 2.75) is 38.6 Å². The molecule has 27 heavy (non-hydrogen) atoms. The molecule has 1 amide bonds. The van der Waals surface area contributed by atoms with Crippen molar-refractivity contribution in [3.8, 4) is 0 Å². The zero-order valence-corrected chi connectivity index (χ0v) is 16.8. The van der Waals surface area contributed by atoms with Gasteiger partial charge in [0, 0.05) is 18.0 Å². The highest BCUT2D eigenvalue weighted by Crippen LogP contribution is 2.34. The molecule has 6 nitrogen and oxygen atoms in total. The van der Waals surface area contributed by atoms with E-state index in [1.807, 2.05) is 30.3 Å². The Bertz CT molecular complexity index is 909. The van der Waals surface area contributed by atoms with Crippen LogP contribution in [0.5, 0.6) is 0 Å². The van der Waals surface area contributed by atoms with Crippen LogP contribution in [-0.2, 0) is 14.8 Å². The van der Waals surface area contributed by atoms with E-state index in [0.29, 0.717) is 5.69 Å². The lowest BCUT2D eigenvalue weighted by Crippen LogP contribution is -2.40. The first-order valence-electron chi connectivity index (χ1n) is 8.63. The highest BCUT2D eigenvalue weighted by molar-refractivity contribution is 7.89. The Labute approximate surface area is 160 Å². The molecule has 0 heterocycles. The minimum Gasteiger partial charge on any atom is -0.396 e. The van der Waals surface area contributed by atoms with E-state index in [1.54, 1.807) is 26.8 Å². The molecular formula is C20H26N2O4S. The molecule has 1 atom stereocenters. The molecule has 0 fully saturated rings. The van der Waals surface area contributed by atoms with Gasteiger partial charge in [-0.2, -0.15) is 0 Å². The summed E-state index contributed by atoms with van der Waals surface area (Å²) in [7, 11) is -3.89. The number of rotatable bonds is 7. The van der Waals surface area contributed by atoms with Gasteiger partial charge in [-0.25, -0.2) is 13.1 Å². The number of sulfonamides is 1. The van der Waals surface area contributed by atoms with Gasteiger partial charge in [0.2, 0.25) is 15.9 Å². The molecule has 146 valence electrons. The summed E-state index contributed by atoms with van der Waals surface area (Å²) in [6.45, 7) is 6.56. The predicted octanol–water partition coefficient (Wildman–Crippen LogP) is 2.99. The molecule has 0 aliphatic heterocycles. The molecule has 0 spiro atoms. The highest BCUT2D eigenvalue weighted by Gasteiger charge is 2.34. The van der Waals surface area contributed by atoms with Crippen LogP contribution in [0, 0.1) is 12.3 Å². The molecule has 0 saturated carbocycles. The first-order chi connectivity index (χ1) is 12.6. The molecule has 0 radical (unpaired) electrons. The number of carbonyl (C=O) groups excluding carboxylic acids is 1. The van der Waals surface area contributed by atoms with Crippen LogP contribution in [0.1, 0.15) is 37.9 Å². The van der Waals surface area contributed by atoms with Crippen molar-refractivity contribution in [3.05, 3.63) is 59.7 Å². The second-order valence-electron chi connectivity index (χ2n) is 7.27. The molecule has 1 unspecified atom stereocenters. The summed E-state index contributed by atoms with van der Waals surface area (Å²) in [5.74, 6) is -0.274. The lowest BCUT2D eigenvalue weighted by atomic mass is 9.82. The largest absolute Gasteiger partial charge is 0.396 e. The van der Waals surface area contributed by atoms with Gasteiger partial charge in [-0.1, -0.05) is 50.2 Å². The maximum Gasteiger partial charge on any atom is 0.241 e. The van der Waals surface area contributed by atoms with Gasteiger partial charge in [0.1, 0.15) is 0 Å². The van der Waals surface area contributed by atoms with Crippen molar-refractivity contribution >= 4 is 21.6 Å². The maximum absolute atomic E-state index is 13.0. The van der Waals surface area contributed by atoms with Crippen LogP contribution in [0.3, 0.4) is 0 Å². The molecule has 0 aliphatic carbocycles. The van der Waals surface area contributed by atoms with Crippen molar-refractivity contribution < 1.29 is 18.3 Å². The van der Waals surface area contributed by atoms with E-state index >= 15 is 0 Å². The van der Waals surface area contributed by atoms with Crippen molar-refractivity contribution in [2.24, 2.45) is 5.41 Å². The monoisotopic (exact) mass is 390 g/mol. The lowest BCUT2D eigenvalue weighted by Gasteiger charge is -2.33. The van der Waals surface area contributed by atoms with Crippen LogP contribution in [-0.4, -0.2) is 26.0 Å². The number of aliphatic hydroxyl groups excluding tert-OH is 1. The molecule has 0 saturated heterocycles. The fourth-order valence-corrected chi connectivity index (χ4v) is 4.15. The van der Waals surface area contributed by atoms with Crippen LogP contribution in [0.2, 0.25) is 0 Å². The van der Waals surface area contributed by atoms with Crippen molar-refractivity contribution in [1.29, 1.82) is 0 Å². The Morgan fingerprint density at radius 2 is 1.78 bits per heavy atom. The molecule has 3 N–H and O–H groups in total. The van der Waals surface area contributed by atoms with Crippen molar-refractivity contribution in [2.75, 3.05) is 11.9 Å². The molecule has 0 aromatic heterocycles. The van der Waals surface area contributed by atoms with Crippen molar-refractivity contribution in [1.82, 2.24) is 4.72 Å². The first-order valence-corrected chi connectivity index (χ1v) is 10.1. The van der Waals surface area contributed by atoms with Gasteiger partial charge in [-0.3, -0.25) is 4.79 Å². The molecule has 2 rings (SSSR count). The highest BCUT2D eigenvalue weighted by atomic mass is 32.2. The number of hydrogen-bond acceptors (Lipinski definition) is 4. The van der Waals surface area contributed by atoms with E-state index in [4.69, 9.17) is 0 Å². The zero-order chi connectivity index (χ0) is 20.2. The van der Waals surface area contributed by atoms with Gasteiger partial charge in [-0.15, -0.1) is 0 Å². The third-order valence-electron chi connectivity index (χ3n) is 4.42. The average molecular weight is 391 g/mol. The molecule has 7 heteroatoms. The maximum atomic E-state index is 13.0. The quantitative estimate of drug-likeness (QED) is 0.677. The second-order valence-corrected chi connectivity index (χ2v) is 8.98. The summed E-state index contributed by atoms with van der Waals surface area (Å²) in [5.41, 5.74) is 1.25. The lowest BCUT2D eigenvalue weighted by molar-refractivity contribution is -0.114. The average Bonchev–Trinajstić information content (AvgIpc) is 2.61. The molecule has 0 aliphatic rings. The number of benzene rings is 2. The second kappa shape index (κ2) is 8.21. The molecule has 0 bridgehead atoms. The third kappa shape index (κ3) is 5.15. The van der Waals surface area contributed by atoms with Crippen LogP contribution in [0.15, 0.2) is 53.4 Å². The number of nitrogens with one attached hydrogen (secondary N) is 2. The number of aryl methyl sites for hydroxylation is 1. The Morgan fingerprint density at radius 3 is 2.33 bits per heavy atom. The Hall–Kier alpha value is -2.22. The fraction of sp³-hybridized carbons (Fsp3) is 0.350. The van der Waals surface area contributed by atoms with Gasteiger partial charge >= 0.3 is 0 Å². The van der Waals surface area contributed by atoms with Crippen LogP contribution >= 0.6 is 0 Å². The van der Waals surface area contributed by atoms with Gasteiger partial charge < -0.3 is 10.4 Å². The van der Waals surface area contributed by atoms with E-state index in [2.05, 4.69) is 10.0 Å². The van der Waals surface area contributed by atoms with Gasteiger partial charge in [-0.05, 0) is 30.2 Å². The minimum atomic E-state index is -3.89. The summed E-state index contributed by atoms with van der Waals surface area (Å²) in [5, 5.41) is 12.4. The summed E-state index contributed by atoms with van der Waals surface area (Å²) in [6.07, 6.45) is 0. The smallest absolute Gasteiger partial charge is 0.241 e. The van der Waals surface area contributed by atoms with Crippen molar-refractivity contribution in [3.63, 3.8) is 0 Å². The summed E-state index contributed by atoms with van der Waals surface area (Å²) >= 11 is 0. The van der Waals surface area contributed by atoms with Crippen LogP contribution in [0.25, 0.3) is 0 Å². The van der Waals surface area contributed by atoms with Gasteiger partial charge in [0.05, 0.1) is 17.5 Å². The SMILES string of the molecule is CC(=O)Nc1cc(S(=O)(=O)NC(c2ccccc2)C(C)(C)CO)ccc1C. The number of anilines is 1. The summed E-state index contributed by atoms with van der Waals surface area (Å²) in [4.78, 5) is 11.4. The number of hydrogen-bond donors (Lipinski definition) is 3. The molecule has 2 aromatic carbocycles. The van der Waals surface area contributed by atoms with Crippen LogP contribution in [0.4, 0.5) is 5.69 Å². The summed E-state index contributed by atoms with van der Waals surface area (Å²) in [6, 6.07) is 13.1. The fourth-order valence-electron chi connectivity index (χ4n) is 2.73. The number of carbonyl (C=O) groups is 1. The standard InChI is InChI=1S/C20H26N2O4S/c1-14-10-11-17(12-18(14)21-15(2)24)27(25,26)22-19(20(3,4)13-23)16-8-6-5-7-9-16/h5-12,19,22-23H,13H2,1-4H3,(H,21,24). The normalized spacial score (nSPS) is 13.2. The van der Waals surface area contributed by atoms with E-state index in [0.717, 1.165) is 11.1 Å². The molecule has 2 aromatic rings. The third-order valence-corrected chi connectivity index (χ3v) is 5.85. The summed E-state index contributed by atoms with van der Waals surface area (Å²) < 4.78 is 28.8. The van der Waals surface area contributed by atoms with Gasteiger partial charge in [0.25, 0.3) is 0 Å². The van der Waals surface area contributed by atoms with Gasteiger partial charge in [0.15, 0.2) is 0 Å². The van der Waals surface area contributed by atoms with E-state index in [-0.39, 0.29) is 17.4 Å². The molecular weight excluding hydrogens is 364 g/mol. The number of amides is 1. The minimum absolute atomic E-state index is 0.0477. The Kier molecular flexibility index (Phi) is 6.41. The Balaban J connectivity index is 2.44. The zero-order valence-electron chi connectivity index (χ0n) is 16.0. The van der Waals surface area contributed by atoms with E-state index < -0.39 is 21.5 Å². The van der Waals surface area contributed by atoms with E-state index in [9.17, 15) is 18.3 Å². The number of aliphatic hydroxyl groups is 1.